The van der Waals surface area contributed by atoms with Crippen LogP contribution in [0.4, 0.5) is 0 Å². The molecule has 1 atom stereocenters. The number of ether oxygens (including phenoxy) is 2. The van der Waals surface area contributed by atoms with Crippen molar-refractivity contribution in [1.82, 2.24) is 0 Å². The summed E-state index contributed by atoms with van der Waals surface area (Å²) < 4.78 is 34.6. The SMILES string of the molecule is Cc1cc(S(N)(=O)=O)ccc1OC1CCOC2(CCC2)C1. The van der Waals surface area contributed by atoms with Gasteiger partial charge in [-0.2, -0.15) is 0 Å². The number of sulfonamides is 1. The average molecular weight is 311 g/mol. The van der Waals surface area contributed by atoms with Gasteiger partial charge in [-0.25, -0.2) is 13.6 Å². The summed E-state index contributed by atoms with van der Waals surface area (Å²) in [5.41, 5.74) is 0.827. The van der Waals surface area contributed by atoms with E-state index in [1.807, 2.05) is 6.92 Å². The number of nitrogens with two attached hydrogens (primary N) is 1. The summed E-state index contributed by atoms with van der Waals surface area (Å²) in [5, 5.41) is 5.14. The van der Waals surface area contributed by atoms with Gasteiger partial charge in [0.15, 0.2) is 0 Å². The summed E-state index contributed by atoms with van der Waals surface area (Å²) in [7, 11) is -3.66. The molecule has 1 aliphatic carbocycles. The summed E-state index contributed by atoms with van der Waals surface area (Å²) in [6, 6.07) is 4.75. The van der Waals surface area contributed by atoms with Crippen LogP contribution in [0.1, 0.15) is 37.7 Å². The smallest absolute Gasteiger partial charge is 0.238 e. The fourth-order valence-corrected chi connectivity index (χ4v) is 3.71. The van der Waals surface area contributed by atoms with Crippen LogP contribution in [0, 0.1) is 6.92 Å². The summed E-state index contributed by atoms with van der Waals surface area (Å²) >= 11 is 0. The molecule has 2 N–H and O–H groups in total. The lowest BCUT2D eigenvalue weighted by Crippen LogP contribution is -2.48. The van der Waals surface area contributed by atoms with Gasteiger partial charge in [0.1, 0.15) is 11.9 Å². The summed E-state index contributed by atoms with van der Waals surface area (Å²) in [4.78, 5) is 0.120. The highest BCUT2D eigenvalue weighted by Gasteiger charge is 2.43. The van der Waals surface area contributed by atoms with E-state index < -0.39 is 10.0 Å². The van der Waals surface area contributed by atoms with E-state index >= 15 is 0 Å². The second-order valence-corrected chi connectivity index (χ2v) is 7.65. The van der Waals surface area contributed by atoms with Crippen molar-refractivity contribution in [1.29, 1.82) is 0 Å². The van der Waals surface area contributed by atoms with Crippen molar-refractivity contribution in [3.63, 3.8) is 0 Å². The number of aryl methyl sites for hydroxylation is 1. The van der Waals surface area contributed by atoms with Crippen molar-refractivity contribution < 1.29 is 17.9 Å². The summed E-state index contributed by atoms with van der Waals surface area (Å²) in [6.45, 7) is 2.57. The van der Waals surface area contributed by atoms with Gasteiger partial charge in [0.2, 0.25) is 10.0 Å². The van der Waals surface area contributed by atoms with Crippen LogP contribution in [0.5, 0.6) is 5.75 Å². The molecular formula is C15H21NO4S. The molecule has 1 aliphatic heterocycles. The van der Waals surface area contributed by atoms with Crippen molar-refractivity contribution >= 4 is 10.0 Å². The van der Waals surface area contributed by atoms with Crippen LogP contribution in [0.3, 0.4) is 0 Å². The molecule has 2 fully saturated rings. The third kappa shape index (κ3) is 3.07. The average Bonchev–Trinajstić information content (AvgIpc) is 2.38. The Kier molecular flexibility index (Phi) is 3.71. The second-order valence-electron chi connectivity index (χ2n) is 6.09. The zero-order valence-electron chi connectivity index (χ0n) is 12.2. The van der Waals surface area contributed by atoms with Gasteiger partial charge in [-0.3, -0.25) is 0 Å². The topological polar surface area (TPSA) is 78.6 Å². The number of hydrogen-bond acceptors (Lipinski definition) is 4. The Bertz CT molecular complexity index is 637. The maximum atomic E-state index is 11.3. The van der Waals surface area contributed by atoms with E-state index in [0.717, 1.165) is 43.6 Å². The van der Waals surface area contributed by atoms with Crippen molar-refractivity contribution in [2.24, 2.45) is 5.14 Å². The molecule has 116 valence electrons. The first-order valence-corrected chi connectivity index (χ1v) is 8.87. The van der Waals surface area contributed by atoms with E-state index in [2.05, 4.69) is 0 Å². The van der Waals surface area contributed by atoms with Crippen molar-refractivity contribution in [3.05, 3.63) is 23.8 Å². The maximum Gasteiger partial charge on any atom is 0.238 e. The van der Waals surface area contributed by atoms with Gasteiger partial charge in [-0.15, -0.1) is 0 Å². The minimum absolute atomic E-state index is 0.0390. The molecule has 3 rings (SSSR count). The fraction of sp³-hybridized carbons (Fsp3) is 0.600. The Morgan fingerprint density at radius 3 is 2.71 bits per heavy atom. The standard InChI is InChI=1S/C15H21NO4S/c1-11-9-13(21(16,17)18)3-4-14(11)20-12-5-8-19-15(10-12)6-2-7-15/h3-4,9,12H,2,5-8,10H2,1H3,(H2,16,17,18). The molecule has 1 saturated carbocycles. The minimum atomic E-state index is -3.66. The van der Waals surface area contributed by atoms with Crippen molar-refractivity contribution in [3.8, 4) is 5.75 Å². The van der Waals surface area contributed by atoms with Crippen molar-refractivity contribution in [2.75, 3.05) is 6.61 Å². The van der Waals surface area contributed by atoms with Gasteiger partial charge in [-0.05, 0) is 49.9 Å². The third-order valence-corrected chi connectivity index (χ3v) is 5.39. The lowest BCUT2D eigenvalue weighted by Gasteiger charge is -2.47. The zero-order valence-corrected chi connectivity index (χ0v) is 13.0. The molecule has 1 spiro atoms. The minimum Gasteiger partial charge on any atom is -0.490 e. The van der Waals surface area contributed by atoms with Gasteiger partial charge in [-0.1, -0.05) is 0 Å². The fourth-order valence-electron chi connectivity index (χ4n) is 3.11. The number of rotatable bonds is 3. The Hall–Kier alpha value is -1.11. The molecule has 1 saturated heterocycles. The molecule has 6 heteroatoms. The Balaban J connectivity index is 1.73. The molecule has 1 aromatic rings. The molecule has 21 heavy (non-hydrogen) atoms. The van der Waals surface area contributed by atoms with E-state index in [1.165, 1.54) is 12.5 Å². The molecule has 1 aromatic carbocycles. The predicted octanol–water partition coefficient (Wildman–Crippen LogP) is 2.12. The number of primary sulfonamides is 1. The molecule has 1 heterocycles. The van der Waals surface area contributed by atoms with Crippen molar-refractivity contribution in [2.45, 2.75) is 55.6 Å². The largest absolute Gasteiger partial charge is 0.490 e. The lowest BCUT2D eigenvalue weighted by molar-refractivity contribution is -0.153. The predicted molar refractivity (Wildman–Crippen MR) is 78.7 cm³/mol. The van der Waals surface area contributed by atoms with Crippen LogP contribution >= 0.6 is 0 Å². The number of hydrogen-bond donors (Lipinski definition) is 1. The first-order chi connectivity index (χ1) is 9.88. The molecule has 0 bridgehead atoms. The van der Waals surface area contributed by atoms with Crippen LogP contribution in [-0.2, 0) is 14.8 Å². The summed E-state index contributed by atoms with van der Waals surface area (Å²) in [6.07, 6.45) is 5.40. The molecular weight excluding hydrogens is 290 g/mol. The maximum absolute atomic E-state index is 11.3. The Morgan fingerprint density at radius 2 is 2.14 bits per heavy atom. The van der Waals surface area contributed by atoms with Gasteiger partial charge >= 0.3 is 0 Å². The summed E-state index contributed by atoms with van der Waals surface area (Å²) in [5.74, 6) is 0.726. The highest BCUT2D eigenvalue weighted by atomic mass is 32.2. The van der Waals surface area contributed by atoms with E-state index in [4.69, 9.17) is 14.6 Å². The molecule has 2 aliphatic rings. The molecule has 1 unspecified atom stereocenters. The van der Waals surface area contributed by atoms with Crippen LogP contribution in [0.2, 0.25) is 0 Å². The van der Waals surface area contributed by atoms with E-state index in [9.17, 15) is 8.42 Å². The highest BCUT2D eigenvalue weighted by Crippen LogP contribution is 2.43. The van der Waals surface area contributed by atoms with E-state index in [1.54, 1.807) is 12.1 Å². The molecule has 5 nitrogen and oxygen atoms in total. The van der Waals surface area contributed by atoms with E-state index in [0.29, 0.717) is 0 Å². The Morgan fingerprint density at radius 1 is 1.38 bits per heavy atom. The lowest BCUT2D eigenvalue weighted by atomic mass is 9.74. The highest BCUT2D eigenvalue weighted by molar-refractivity contribution is 7.89. The third-order valence-electron chi connectivity index (χ3n) is 4.48. The molecule has 0 radical (unpaired) electrons. The molecule has 0 amide bonds. The zero-order chi connectivity index (χ0) is 15.1. The normalized spacial score (nSPS) is 24.6. The second kappa shape index (κ2) is 5.26. The van der Waals surface area contributed by atoms with Crippen LogP contribution in [0.15, 0.2) is 23.1 Å². The monoisotopic (exact) mass is 311 g/mol. The Labute approximate surface area is 125 Å². The number of benzene rings is 1. The first-order valence-electron chi connectivity index (χ1n) is 7.32. The van der Waals surface area contributed by atoms with Crippen LogP contribution in [-0.4, -0.2) is 26.7 Å². The van der Waals surface area contributed by atoms with Gasteiger partial charge < -0.3 is 9.47 Å². The van der Waals surface area contributed by atoms with Gasteiger partial charge in [0.05, 0.1) is 17.1 Å². The van der Waals surface area contributed by atoms with Crippen LogP contribution < -0.4 is 9.88 Å². The quantitative estimate of drug-likeness (QED) is 0.927. The van der Waals surface area contributed by atoms with Gasteiger partial charge in [0, 0.05) is 12.8 Å². The van der Waals surface area contributed by atoms with Crippen LogP contribution in [0.25, 0.3) is 0 Å². The van der Waals surface area contributed by atoms with E-state index in [-0.39, 0.29) is 16.6 Å². The molecule has 0 aromatic heterocycles. The van der Waals surface area contributed by atoms with Gasteiger partial charge in [0.25, 0.3) is 0 Å². The first kappa shape index (κ1) is 14.8.